The molecule has 0 aliphatic carbocycles. The second-order valence-electron chi connectivity index (χ2n) is 8.97. The van der Waals surface area contributed by atoms with Gasteiger partial charge in [0.15, 0.2) is 12.6 Å². The second kappa shape index (κ2) is 15.0. The van der Waals surface area contributed by atoms with E-state index in [4.69, 9.17) is 33.2 Å². The van der Waals surface area contributed by atoms with E-state index < -0.39 is 12.6 Å². The van der Waals surface area contributed by atoms with Gasteiger partial charge in [0.25, 0.3) is 0 Å². The van der Waals surface area contributed by atoms with Crippen LogP contribution in [0.1, 0.15) is 37.6 Å². The number of rotatable bonds is 16. The van der Waals surface area contributed by atoms with E-state index >= 15 is 0 Å². The first-order chi connectivity index (χ1) is 20.1. The predicted molar refractivity (Wildman–Crippen MR) is 156 cm³/mol. The standard InChI is InChI=1S/C32H38O9/c1-5-37-31(35-3)27-25(39-17-15-33)19-21-11-7-9-13-23(21)29(27)41-30-24-14-10-8-12-22(24)20-26(40-18-16-34)28(30)32(36-4)38-6-2/h7-14,19-20,31-34H,5-6,15-18H2,1-4H3. The van der Waals surface area contributed by atoms with E-state index in [0.29, 0.717) is 47.3 Å². The largest absolute Gasteiger partial charge is 0.491 e. The monoisotopic (exact) mass is 566 g/mol. The first-order valence-electron chi connectivity index (χ1n) is 13.7. The van der Waals surface area contributed by atoms with Gasteiger partial charge in [-0.25, -0.2) is 0 Å². The second-order valence-corrected chi connectivity index (χ2v) is 8.97. The maximum Gasteiger partial charge on any atom is 0.190 e. The van der Waals surface area contributed by atoms with Crippen LogP contribution in [0.5, 0.6) is 23.0 Å². The Labute approximate surface area is 240 Å². The summed E-state index contributed by atoms with van der Waals surface area (Å²) in [5, 5.41) is 22.4. The van der Waals surface area contributed by atoms with Gasteiger partial charge in [-0.3, -0.25) is 0 Å². The number of aliphatic hydroxyl groups excluding tert-OH is 2. The van der Waals surface area contributed by atoms with E-state index in [1.807, 2.05) is 74.5 Å². The van der Waals surface area contributed by atoms with Crippen molar-refractivity contribution in [1.29, 1.82) is 0 Å². The summed E-state index contributed by atoms with van der Waals surface area (Å²) >= 11 is 0. The van der Waals surface area contributed by atoms with E-state index in [2.05, 4.69) is 0 Å². The Hall–Kier alpha value is -3.44. The molecular formula is C32H38O9. The fourth-order valence-electron chi connectivity index (χ4n) is 4.77. The van der Waals surface area contributed by atoms with Crippen molar-refractivity contribution >= 4 is 21.5 Å². The molecule has 4 aromatic rings. The highest BCUT2D eigenvalue weighted by atomic mass is 16.7. The fourth-order valence-corrected chi connectivity index (χ4v) is 4.77. The van der Waals surface area contributed by atoms with Crippen molar-refractivity contribution < 1.29 is 43.4 Å². The van der Waals surface area contributed by atoms with Crippen molar-refractivity contribution in [1.82, 2.24) is 0 Å². The topological polar surface area (TPSA) is 105 Å². The molecule has 0 saturated carbocycles. The molecule has 9 heteroatoms. The van der Waals surface area contributed by atoms with Crippen molar-refractivity contribution in [2.24, 2.45) is 0 Å². The molecular weight excluding hydrogens is 528 g/mol. The highest BCUT2D eigenvalue weighted by molar-refractivity contribution is 5.95. The molecule has 220 valence electrons. The molecule has 2 atom stereocenters. The summed E-state index contributed by atoms with van der Waals surface area (Å²) in [7, 11) is 3.10. The van der Waals surface area contributed by atoms with Crippen LogP contribution in [0.4, 0.5) is 0 Å². The quantitative estimate of drug-likeness (QED) is 0.161. The highest BCUT2D eigenvalue weighted by Gasteiger charge is 2.30. The zero-order valence-corrected chi connectivity index (χ0v) is 23.9. The molecule has 0 spiro atoms. The molecule has 41 heavy (non-hydrogen) atoms. The lowest BCUT2D eigenvalue weighted by atomic mass is 10.0. The van der Waals surface area contributed by atoms with Gasteiger partial charge < -0.3 is 43.4 Å². The van der Waals surface area contributed by atoms with Crippen LogP contribution in [-0.4, -0.2) is 64.1 Å². The molecule has 0 bridgehead atoms. The Bertz CT molecular complexity index is 1310. The van der Waals surface area contributed by atoms with E-state index in [9.17, 15) is 10.2 Å². The SMILES string of the molecule is CCOC(OC)c1c(OCCO)cc2ccccc2c1Oc1c(C(OC)OCC)c(OCCO)cc2ccccc12. The fraction of sp³-hybridized carbons (Fsp3) is 0.375. The van der Waals surface area contributed by atoms with Crippen molar-refractivity contribution in [2.45, 2.75) is 26.4 Å². The van der Waals surface area contributed by atoms with Crippen molar-refractivity contribution in [3.8, 4) is 23.0 Å². The molecule has 2 unspecified atom stereocenters. The van der Waals surface area contributed by atoms with Gasteiger partial charge in [0.05, 0.1) is 24.3 Å². The van der Waals surface area contributed by atoms with Gasteiger partial charge in [0.1, 0.15) is 36.2 Å². The van der Waals surface area contributed by atoms with Crippen LogP contribution < -0.4 is 14.2 Å². The minimum atomic E-state index is -0.832. The summed E-state index contributed by atoms with van der Waals surface area (Å²) in [4.78, 5) is 0. The van der Waals surface area contributed by atoms with Crippen LogP contribution in [-0.2, 0) is 18.9 Å². The summed E-state index contributed by atoms with van der Waals surface area (Å²) in [6.45, 7) is 4.30. The van der Waals surface area contributed by atoms with E-state index in [0.717, 1.165) is 21.5 Å². The van der Waals surface area contributed by atoms with Crippen molar-refractivity contribution in [3.63, 3.8) is 0 Å². The lowest BCUT2D eigenvalue weighted by Gasteiger charge is -2.27. The van der Waals surface area contributed by atoms with Crippen molar-refractivity contribution in [3.05, 3.63) is 71.8 Å². The van der Waals surface area contributed by atoms with Gasteiger partial charge in [-0.05, 0) is 36.8 Å². The van der Waals surface area contributed by atoms with Crippen LogP contribution in [0.15, 0.2) is 60.7 Å². The Morgan fingerprint density at radius 2 is 1.05 bits per heavy atom. The Morgan fingerprint density at radius 1 is 0.634 bits per heavy atom. The summed E-state index contributed by atoms with van der Waals surface area (Å²) in [6, 6.07) is 19.3. The van der Waals surface area contributed by atoms with Gasteiger partial charge in [-0.15, -0.1) is 0 Å². The van der Waals surface area contributed by atoms with E-state index in [-0.39, 0.29) is 26.4 Å². The Balaban J connectivity index is 2.08. The number of hydrogen-bond acceptors (Lipinski definition) is 9. The van der Waals surface area contributed by atoms with Gasteiger partial charge in [-0.2, -0.15) is 0 Å². The average Bonchev–Trinajstić information content (AvgIpc) is 3.00. The van der Waals surface area contributed by atoms with Gasteiger partial charge in [0, 0.05) is 38.2 Å². The lowest BCUT2D eigenvalue weighted by molar-refractivity contribution is -0.126. The van der Waals surface area contributed by atoms with Crippen molar-refractivity contribution in [2.75, 3.05) is 53.9 Å². The van der Waals surface area contributed by atoms with Crippen LogP contribution in [0, 0.1) is 0 Å². The summed E-state index contributed by atoms with van der Waals surface area (Å²) in [6.07, 6.45) is -1.66. The van der Waals surface area contributed by atoms with Gasteiger partial charge >= 0.3 is 0 Å². The minimum Gasteiger partial charge on any atom is -0.491 e. The molecule has 0 aliphatic heterocycles. The van der Waals surface area contributed by atoms with E-state index in [1.165, 1.54) is 0 Å². The first-order valence-corrected chi connectivity index (χ1v) is 13.7. The zero-order valence-electron chi connectivity index (χ0n) is 23.9. The molecule has 0 saturated heterocycles. The molecule has 0 aromatic heterocycles. The molecule has 0 radical (unpaired) electrons. The molecule has 4 aromatic carbocycles. The molecule has 4 rings (SSSR count). The third-order valence-electron chi connectivity index (χ3n) is 6.44. The molecule has 9 nitrogen and oxygen atoms in total. The normalized spacial score (nSPS) is 12.9. The smallest absolute Gasteiger partial charge is 0.190 e. The molecule has 2 N–H and O–H groups in total. The lowest BCUT2D eigenvalue weighted by Crippen LogP contribution is -2.14. The Morgan fingerprint density at radius 3 is 1.41 bits per heavy atom. The van der Waals surface area contributed by atoms with Crippen LogP contribution >= 0.6 is 0 Å². The number of ether oxygens (including phenoxy) is 7. The summed E-state index contributed by atoms with van der Waals surface area (Å²) < 4.78 is 42.5. The zero-order chi connectivity index (χ0) is 29.2. The van der Waals surface area contributed by atoms with Gasteiger partial charge in [0.2, 0.25) is 0 Å². The number of methoxy groups -OCH3 is 2. The highest BCUT2D eigenvalue weighted by Crippen LogP contribution is 2.49. The number of aliphatic hydroxyl groups is 2. The first kappa shape index (κ1) is 30.5. The third-order valence-corrected chi connectivity index (χ3v) is 6.44. The van der Waals surface area contributed by atoms with Crippen LogP contribution in [0.3, 0.4) is 0 Å². The minimum absolute atomic E-state index is 0.0715. The number of benzene rings is 4. The maximum atomic E-state index is 9.55. The molecule has 0 fully saturated rings. The maximum absolute atomic E-state index is 9.55. The third kappa shape index (κ3) is 6.73. The van der Waals surface area contributed by atoms with Gasteiger partial charge in [-0.1, -0.05) is 48.5 Å². The molecule has 0 amide bonds. The number of fused-ring (bicyclic) bond motifs is 2. The Kier molecular flexibility index (Phi) is 11.1. The van der Waals surface area contributed by atoms with Crippen LogP contribution in [0.25, 0.3) is 21.5 Å². The van der Waals surface area contributed by atoms with Crippen LogP contribution in [0.2, 0.25) is 0 Å². The number of hydrogen-bond donors (Lipinski definition) is 2. The summed E-state index contributed by atoms with van der Waals surface area (Å²) in [5.41, 5.74) is 1.06. The van der Waals surface area contributed by atoms with E-state index in [1.54, 1.807) is 14.2 Å². The predicted octanol–water partition coefficient (Wildman–Crippen LogP) is 5.89. The average molecular weight is 567 g/mol. The molecule has 0 aliphatic rings. The molecule has 0 heterocycles. The summed E-state index contributed by atoms with van der Waals surface area (Å²) in [5.74, 6) is 1.82.